The number of nitrogens with zero attached hydrogens (tertiary/aromatic N) is 3. The molecule has 0 aliphatic carbocycles. The molecule has 0 atom stereocenters. The van der Waals surface area contributed by atoms with Crippen LogP contribution in [0.15, 0.2) is 21.4 Å². The van der Waals surface area contributed by atoms with Gasteiger partial charge in [-0.1, -0.05) is 0 Å². The molecule has 0 saturated heterocycles. The van der Waals surface area contributed by atoms with Crippen molar-refractivity contribution in [3.05, 3.63) is 11.4 Å². The van der Waals surface area contributed by atoms with Crippen molar-refractivity contribution in [3.8, 4) is 0 Å². The quantitative estimate of drug-likeness (QED) is 0.300. The lowest BCUT2D eigenvalue weighted by Crippen LogP contribution is -2.37. The van der Waals surface area contributed by atoms with Crippen molar-refractivity contribution >= 4 is 18.5 Å². The Labute approximate surface area is 101 Å². The fraction of sp³-hybridized carbons (Fsp3) is 0.500. The number of amides is 1. The van der Waals surface area contributed by atoms with Gasteiger partial charge in [0.05, 0.1) is 19.0 Å². The van der Waals surface area contributed by atoms with Crippen LogP contribution < -0.4 is 17.2 Å². The lowest BCUT2D eigenvalue weighted by Gasteiger charge is -2.23. The van der Waals surface area contributed by atoms with Crippen LogP contribution in [0.1, 0.15) is 13.3 Å². The monoisotopic (exact) mass is 240 g/mol. The van der Waals surface area contributed by atoms with Crippen molar-refractivity contribution in [2.45, 2.75) is 13.3 Å². The molecule has 0 aromatic heterocycles. The summed E-state index contributed by atoms with van der Waals surface area (Å²) in [6.07, 6.45) is 0.445. The van der Waals surface area contributed by atoms with Gasteiger partial charge < -0.3 is 22.1 Å². The maximum Gasteiger partial charge on any atom is 0.237 e. The van der Waals surface area contributed by atoms with E-state index in [9.17, 15) is 4.79 Å². The number of hydrogen-bond donors (Lipinski definition) is 3. The molecule has 0 bridgehead atoms. The fourth-order valence-corrected chi connectivity index (χ4v) is 1.35. The highest BCUT2D eigenvalue weighted by Gasteiger charge is 2.12. The Hall–Kier alpha value is -1.89. The molecule has 0 radical (unpaired) electrons. The summed E-state index contributed by atoms with van der Waals surface area (Å²) < 4.78 is 0. The van der Waals surface area contributed by atoms with Gasteiger partial charge in [-0.15, -0.1) is 0 Å². The van der Waals surface area contributed by atoms with Crippen LogP contribution >= 0.6 is 0 Å². The highest BCUT2D eigenvalue weighted by Crippen LogP contribution is 2.13. The maximum absolute atomic E-state index is 10.9. The van der Waals surface area contributed by atoms with Crippen LogP contribution in [0.3, 0.4) is 0 Å². The summed E-state index contributed by atoms with van der Waals surface area (Å²) in [4.78, 5) is 20.1. The molecule has 1 amide bonds. The molecule has 96 valence electrons. The van der Waals surface area contributed by atoms with E-state index in [2.05, 4.69) is 16.7 Å². The Morgan fingerprint density at radius 3 is 2.35 bits per heavy atom. The molecule has 0 heterocycles. The van der Waals surface area contributed by atoms with Crippen LogP contribution in [-0.2, 0) is 4.79 Å². The average Bonchev–Trinajstić information content (AvgIpc) is 2.27. The molecule has 0 unspecified atom stereocenters. The SMILES string of the molecule is C=N/C(=C(/C)CC(N)=NC)N(CN)CC(N)=O. The molecule has 7 heteroatoms. The topological polar surface area (TPSA) is 123 Å². The summed E-state index contributed by atoms with van der Waals surface area (Å²) in [6, 6.07) is 0. The zero-order chi connectivity index (χ0) is 13.4. The summed E-state index contributed by atoms with van der Waals surface area (Å²) in [5, 5.41) is 0. The Balaban J connectivity index is 5.05. The van der Waals surface area contributed by atoms with Gasteiger partial charge in [-0.05, 0) is 19.2 Å². The molecule has 17 heavy (non-hydrogen) atoms. The highest BCUT2D eigenvalue weighted by molar-refractivity contribution is 5.82. The van der Waals surface area contributed by atoms with Crippen molar-refractivity contribution in [1.29, 1.82) is 0 Å². The standard InChI is InChI=1S/C10H20N6O/c1-7(4-8(12)14-2)10(15-3)16(6-11)5-9(13)17/h3-6,11H2,1-2H3,(H2,12,14)(H2,13,17)/b10-7+. The van der Waals surface area contributed by atoms with Gasteiger partial charge in [-0.25, -0.2) is 4.99 Å². The first kappa shape index (κ1) is 15.1. The fourth-order valence-electron chi connectivity index (χ4n) is 1.35. The Morgan fingerprint density at radius 1 is 1.41 bits per heavy atom. The predicted octanol–water partition coefficient (Wildman–Crippen LogP) is -1.00. The number of carbonyl (C=O) groups is 1. The molecule has 0 rings (SSSR count). The molecule has 0 aliphatic rings. The first-order valence-electron chi connectivity index (χ1n) is 5.07. The lowest BCUT2D eigenvalue weighted by molar-refractivity contribution is -0.118. The van der Waals surface area contributed by atoms with Crippen molar-refractivity contribution in [1.82, 2.24) is 4.90 Å². The van der Waals surface area contributed by atoms with E-state index in [1.165, 1.54) is 4.90 Å². The van der Waals surface area contributed by atoms with E-state index in [0.717, 1.165) is 5.57 Å². The summed E-state index contributed by atoms with van der Waals surface area (Å²) in [6.45, 7) is 5.39. The zero-order valence-electron chi connectivity index (χ0n) is 10.3. The van der Waals surface area contributed by atoms with Crippen LogP contribution in [0.5, 0.6) is 0 Å². The smallest absolute Gasteiger partial charge is 0.237 e. The second-order valence-electron chi connectivity index (χ2n) is 3.50. The first-order valence-corrected chi connectivity index (χ1v) is 5.07. The van der Waals surface area contributed by atoms with E-state index >= 15 is 0 Å². The van der Waals surface area contributed by atoms with Crippen LogP contribution in [-0.4, -0.2) is 43.6 Å². The van der Waals surface area contributed by atoms with E-state index in [0.29, 0.717) is 18.1 Å². The Kier molecular flexibility index (Phi) is 6.57. The van der Waals surface area contributed by atoms with Gasteiger partial charge in [0, 0.05) is 13.5 Å². The van der Waals surface area contributed by atoms with Gasteiger partial charge in [0.2, 0.25) is 5.91 Å². The Bertz CT molecular complexity index is 347. The summed E-state index contributed by atoms with van der Waals surface area (Å²) in [5.74, 6) is 0.499. The number of nitrogens with two attached hydrogens (primary N) is 3. The summed E-state index contributed by atoms with van der Waals surface area (Å²) in [5.41, 5.74) is 17.1. The van der Waals surface area contributed by atoms with Gasteiger partial charge in [-0.3, -0.25) is 9.79 Å². The molecule has 6 N–H and O–H groups in total. The Morgan fingerprint density at radius 2 is 2.00 bits per heavy atom. The zero-order valence-corrected chi connectivity index (χ0v) is 10.3. The molecule has 0 aliphatic heterocycles. The van der Waals surface area contributed by atoms with E-state index in [1.54, 1.807) is 7.05 Å². The number of primary amides is 1. The maximum atomic E-state index is 10.9. The molecule has 0 saturated carbocycles. The third-order valence-electron chi connectivity index (χ3n) is 2.13. The minimum absolute atomic E-state index is 0.00857. The van der Waals surface area contributed by atoms with Gasteiger partial charge in [0.25, 0.3) is 0 Å². The number of carbonyl (C=O) groups excluding carboxylic acids is 1. The highest BCUT2D eigenvalue weighted by atomic mass is 16.1. The van der Waals surface area contributed by atoms with E-state index in [1.807, 2.05) is 6.92 Å². The molecule has 0 aromatic rings. The van der Waals surface area contributed by atoms with Crippen LogP contribution in [0.2, 0.25) is 0 Å². The minimum Gasteiger partial charge on any atom is -0.387 e. The molecule has 0 fully saturated rings. The number of hydrogen-bond acceptors (Lipinski definition) is 5. The second kappa shape index (κ2) is 7.39. The molecular formula is C10H20N6O. The second-order valence-corrected chi connectivity index (χ2v) is 3.50. The molecule has 0 aromatic carbocycles. The minimum atomic E-state index is -0.485. The van der Waals surface area contributed by atoms with Gasteiger partial charge >= 0.3 is 0 Å². The van der Waals surface area contributed by atoms with Crippen molar-refractivity contribution in [3.63, 3.8) is 0 Å². The van der Waals surface area contributed by atoms with E-state index in [4.69, 9.17) is 17.2 Å². The summed E-state index contributed by atoms with van der Waals surface area (Å²) in [7, 11) is 1.60. The third kappa shape index (κ3) is 5.12. The average molecular weight is 240 g/mol. The molecule has 7 nitrogen and oxygen atoms in total. The third-order valence-corrected chi connectivity index (χ3v) is 2.13. The van der Waals surface area contributed by atoms with Gasteiger partial charge in [0.15, 0.2) is 0 Å². The number of amidine groups is 1. The first-order chi connectivity index (χ1) is 7.96. The predicted molar refractivity (Wildman–Crippen MR) is 69.4 cm³/mol. The van der Waals surface area contributed by atoms with Crippen molar-refractivity contribution in [2.75, 3.05) is 20.3 Å². The van der Waals surface area contributed by atoms with Crippen LogP contribution in [0, 0.1) is 0 Å². The molecule has 0 spiro atoms. The normalized spacial score (nSPS) is 13.0. The number of aliphatic imine (C=N–C) groups is 2. The van der Waals surface area contributed by atoms with Gasteiger partial charge in [-0.2, -0.15) is 0 Å². The van der Waals surface area contributed by atoms with Crippen molar-refractivity contribution in [2.24, 2.45) is 27.2 Å². The molecular weight excluding hydrogens is 220 g/mol. The largest absolute Gasteiger partial charge is 0.387 e. The van der Waals surface area contributed by atoms with Crippen molar-refractivity contribution < 1.29 is 4.79 Å². The van der Waals surface area contributed by atoms with E-state index < -0.39 is 5.91 Å². The van der Waals surface area contributed by atoms with Crippen LogP contribution in [0.4, 0.5) is 0 Å². The van der Waals surface area contributed by atoms with E-state index in [-0.39, 0.29) is 13.2 Å². The summed E-state index contributed by atoms with van der Waals surface area (Å²) >= 11 is 0. The van der Waals surface area contributed by atoms with Gasteiger partial charge in [0.1, 0.15) is 5.82 Å². The lowest BCUT2D eigenvalue weighted by atomic mass is 10.2. The number of rotatable bonds is 7. The van der Waals surface area contributed by atoms with Crippen LogP contribution in [0.25, 0.3) is 0 Å².